The van der Waals surface area contributed by atoms with Gasteiger partial charge in [0, 0.05) is 19.5 Å². The molecule has 1 aromatic carbocycles. The number of nitrogens with zero attached hydrogens (tertiary/aromatic N) is 3. The van der Waals surface area contributed by atoms with Gasteiger partial charge in [0.05, 0.1) is 12.6 Å². The van der Waals surface area contributed by atoms with Crippen molar-refractivity contribution in [2.45, 2.75) is 37.8 Å². The van der Waals surface area contributed by atoms with E-state index in [1.165, 1.54) is 4.90 Å². The number of carbonyl (C=O) groups excluding carboxylic acids is 1. The van der Waals surface area contributed by atoms with Gasteiger partial charge in [-0.1, -0.05) is 35.5 Å². The number of nitrogens with one attached hydrogen (secondary N) is 1. The standard InChI is InChI=1S/C17H22N4O3/c1-21(10-9-14(22)12-5-3-2-4-6-12)17(23)18-11-15-19-16(20-24-15)13-7-8-13/h2-6,13-14,22H,7-11H2,1H3,(H,18,23). The molecule has 24 heavy (non-hydrogen) atoms. The fraction of sp³-hybridized carbons (Fsp3) is 0.471. The van der Waals surface area contributed by atoms with Crippen molar-refractivity contribution >= 4 is 6.03 Å². The van der Waals surface area contributed by atoms with Crippen LogP contribution >= 0.6 is 0 Å². The van der Waals surface area contributed by atoms with Gasteiger partial charge in [-0.25, -0.2) is 4.79 Å². The lowest BCUT2D eigenvalue weighted by molar-refractivity contribution is 0.149. The van der Waals surface area contributed by atoms with E-state index < -0.39 is 6.10 Å². The smallest absolute Gasteiger partial charge is 0.317 e. The molecule has 2 aromatic rings. The number of carbonyl (C=O) groups is 1. The van der Waals surface area contributed by atoms with Gasteiger partial charge < -0.3 is 19.8 Å². The predicted molar refractivity (Wildman–Crippen MR) is 87.2 cm³/mol. The van der Waals surface area contributed by atoms with E-state index in [0.29, 0.717) is 24.8 Å². The Morgan fingerprint density at radius 3 is 2.88 bits per heavy atom. The zero-order valence-electron chi connectivity index (χ0n) is 13.7. The van der Waals surface area contributed by atoms with Crippen LogP contribution in [0.5, 0.6) is 0 Å². The van der Waals surface area contributed by atoms with Gasteiger partial charge in [0.15, 0.2) is 5.82 Å². The Morgan fingerprint density at radius 1 is 1.42 bits per heavy atom. The molecule has 7 heteroatoms. The van der Waals surface area contributed by atoms with Gasteiger partial charge >= 0.3 is 6.03 Å². The molecule has 1 atom stereocenters. The first-order valence-electron chi connectivity index (χ1n) is 8.18. The van der Waals surface area contributed by atoms with E-state index >= 15 is 0 Å². The van der Waals surface area contributed by atoms with Crippen LogP contribution in [0.25, 0.3) is 0 Å². The van der Waals surface area contributed by atoms with Gasteiger partial charge in [0.1, 0.15) is 0 Å². The summed E-state index contributed by atoms with van der Waals surface area (Å²) in [5, 5.41) is 16.8. The normalized spacial score (nSPS) is 15.1. The van der Waals surface area contributed by atoms with Crippen LogP contribution in [0.2, 0.25) is 0 Å². The lowest BCUT2D eigenvalue weighted by Gasteiger charge is -2.19. The third-order valence-electron chi connectivity index (χ3n) is 4.09. The van der Waals surface area contributed by atoms with Crippen LogP contribution in [0, 0.1) is 0 Å². The maximum Gasteiger partial charge on any atom is 0.317 e. The zero-order chi connectivity index (χ0) is 16.9. The Hall–Kier alpha value is -2.41. The zero-order valence-corrected chi connectivity index (χ0v) is 13.7. The SMILES string of the molecule is CN(CCC(O)c1ccccc1)C(=O)NCc1nc(C2CC2)no1. The van der Waals surface area contributed by atoms with Crippen LogP contribution in [0.1, 0.15) is 48.6 Å². The number of hydrogen-bond acceptors (Lipinski definition) is 5. The Kier molecular flexibility index (Phi) is 5.10. The van der Waals surface area contributed by atoms with Crippen molar-refractivity contribution in [2.24, 2.45) is 0 Å². The molecule has 0 radical (unpaired) electrons. The molecule has 7 nitrogen and oxygen atoms in total. The summed E-state index contributed by atoms with van der Waals surface area (Å²) in [5.41, 5.74) is 0.852. The summed E-state index contributed by atoms with van der Waals surface area (Å²) in [6.45, 7) is 0.656. The summed E-state index contributed by atoms with van der Waals surface area (Å²) in [5.74, 6) is 1.59. The van der Waals surface area contributed by atoms with E-state index in [1.54, 1.807) is 7.05 Å². The number of rotatable bonds is 7. The van der Waals surface area contributed by atoms with Crippen LogP contribution in [0.3, 0.4) is 0 Å². The van der Waals surface area contributed by atoms with E-state index in [9.17, 15) is 9.90 Å². The minimum atomic E-state index is -0.585. The lowest BCUT2D eigenvalue weighted by atomic mass is 10.1. The lowest BCUT2D eigenvalue weighted by Crippen LogP contribution is -2.37. The molecule has 1 unspecified atom stereocenters. The molecule has 3 rings (SSSR count). The first-order valence-corrected chi connectivity index (χ1v) is 8.18. The highest BCUT2D eigenvalue weighted by molar-refractivity contribution is 5.73. The molecule has 1 aliphatic carbocycles. The van der Waals surface area contributed by atoms with Crippen molar-refractivity contribution in [3.8, 4) is 0 Å². The minimum Gasteiger partial charge on any atom is -0.388 e. The second-order valence-electron chi connectivity index (χ2n) is 6.12. The topological polar surface area (TPSA) is 91.5 Å². The molecule has 0 spiro atoms. The second kappa shape index (κ2) is 7.44. The molecule has 1 fully saturated rings. The van der Waals surface area contributed by atoms with Crippen LogP contribution in [0.15, 0.2) is 34.9 Å². The third kappa shape index (κ3) is 4.32. The number of hydrogen-bond donors (Lipinski definition) is 2. The summed E-state index contributed by atoms with van der Waals surface area (Å²) in [6.07, 6.45) is 2.11. The molecule has 0 aliphatic heterocycles. The Bertz CT molecular complexity index is 669. The van der Waals surface area contributed by atoms with E-state index in [-0.39, 0.29) is 12.6 Å². The molecular weight excluding hydrogens is 308 g/mol. The van der Waals surface area contributed by atoms with Crippen LogP contribution in [0.4, 0.5) is 4.79 Å². The van der Waals surface area contributed by atoms with Crippen LogP contribution < -0.4 is 5.32 Å². The average molecular weight is 330 g/mol. The summed E-state index contributed by atoms with van der Waals surface area (Å²) >= 11 is 0. The Labute approximate surface area is 140 Å². The van der Waals surface area contributed by atoms with Gasteiger partial charge in [-0.3, -0.25) is 0 Å². The van der Waals surface area contributed by atoms with Gasteiger partial charge in [-0.05, 0) is 24.8 Å². The molecular formula is C17H22N4O3. The number of benzene rings is 1. The van der Waals surface area contributed by atoms with Crippen LogP contribution in [-0.2, 0) is 6.54 Å². The molecule has 0 saturated heterocycles. The Morgan fingerprint density at radius 2 is 2.17 bits per heavy atom. The molecule has 128 valence electrons. The van der Waals surface area contributed by atoms with E-state index in [4.69, 9.17) is 4.52 Å². The van der Waals surface area contributed by atoms with Gasteiger partial charge in [0.2, 0.25) is 5.89 Å². The monoisotopic (exact) mass is 330 g/mol. The van der Waals surface area contributed by atoms with Crippen molar-refractivity contribution in [1.82, 2.24) is 20.4 Å². The number of amides is 2. The number of aliphatic hydroxyl groups excluding tert-OH is 1. The fourth-order valence-corrected chi connectivity index (χ4v) is 2.39. The number of urea groups is 1. The maximum absolute atomic E-state index is 12.1. The van der Waals surface area contributed by atoms with Crippen molar-refractivity contribution in [3.05, 3.63) is 47.6 Å². The summed E-state index contributed by atoms with van der Waals surface area (Å²) in [6, 6.07) is 9.18. The molecule has 1 aromatic heterocycles. The predicted octanol–water partition coefficient (Wildman–Crippen LogP) is 2.21. The first-order chi connectivity index (χ1) is 11.6. The van der Waals surface area contributed by atoms with Crippen molar-refractivity contribution < 1.29 is 14.4 Å². The van der Waals surface area contributed by atoms with Crippen LogP contribution in [-0.4, -0.2) is 39.8 Å². The van der Waals surface area contributed by atoms with Crippen molar-refractivity contribution in [2.75, 3.05) is 13.6 Å². The van der Waals surface area contributed by atoms with Crippen molar-refractivity contribution in [3.63, 3.8) is 0 Å². The summed E-state index contributed by atoms with van der Waals surface area (Å²) < 4.78 is 5.12. The highest BCUT2D eigenvalue weighted by Gasteiger charge is 2.28. The summed E-state index contributed by atoms with van der Waals surface area (Å²) in [4.78, 5) is 17.9. The highest BCUT2D eigenvalue weighted by atomic mass is 16.5. The minimum absolute atomic E-state index is 0.212. The molecule has 1 saturated carbocycles. The van der Waals surface area contributed by atoms with Gasteiger partial charge in [-0.15, -0.1) is 0 Å². The second-order valence-corrected chi connectivity index (χ2v) is 6.12. The number of aliphatic hydroxyl groups is 1. The average Bonchev–Trinajstić information content (AvgIpc) is 3.36. The maximum atomic E-state index is 12.1. The first kappa shape index (κ1) is 16.4. The van der Waals surface area contributed by atoms with Gasteiger partial charge in [0.25, 0.3) is 0 Å². The molecule has 1 heterocycles. The molecule has 2 N–H and O–H groups in total. The van der Waals surface area contributed by atoms with Gasteiger partial charge in [-0.2, -0.15) is 4.98 Å². The fourth-order valence-electron chi connectivity index (χ4n) is 2.39. The Balaban J connectivity index is 1.40. The largest absolute Gasteiger partial charge is 0.388 e. The molecule has 0 bridgehead atoms. The molecule has 2 amide bonds. The van der Waals surface area contributed by atoms with E-state index in [0.717, 1.165) is 24.2 Å². The quantitative estimate of drug-likeness (QED) is 0.812. The van der Waals surface area contributed by atoms with E-state index in [1.807, 2.05) is 30.3 Å². The van der Waals surface area contributed by atoms with E-state index in [2.05, 4.69) is 15.5 Å². The third-order valence-corrected chi connectivity index (χ3v) is 4.09. The number of aromatic nitrogens is 2. The highest BCUT2D eigenvalue weighted by Crippen LogP contribution is 2.38. The van der Waals surface area contributed by atoms with Crippen molar-refractivity contribution in [1.29, 1.82) is 0 Å². The summed E-state index contributed by atoms with van der Waals surface area (Å²) in [7, 11) is 1.69. The molecule has 1 aliphatic rings.